The molecule has 1 atom stereocenters. The van der Waals surface area contributed by atoms with Crippen molar-refractivity contribution in [3.8, 4) is 0 Å². The van der Waals surface area contributed by atoms with Gasteiger partial charge in [-0.15, -0.1) is 0 Å². The molecule has 0 fully saturated rings. The lowest BCUT2D eigenvalue weighted by Crippen LogP contribution is -2.51. The number of carboxylic acids is 1. The third-order valence-electron chi connectivity index (χ3n) is 3.64. The third kappa shape index (κ3) is 4.47. The highest BCUT2D eigenvalue weighted by Gasteiger charge is 2.34. The molecular formula is C17H22N2O5. The Bertz CT molecular complexity index is 651. The number of alkyl carbamates (subject to hydrolysis) is 1. The maximum atomic E-state index is 12.4. The van der Waals surface area contributed by atoms with Crippen LogP contribution in [-0.4, -0.2) is 46.2 Å². The molecular weight excluding hydrogens is 312 g/mol. The normalized spacial score (nSPS) is 17.0. The summed E-state index contributed by atoms with van der Waals surface area (Å²) in [6.45, 7) is 5.06. The molecule has 1 aromatic rings. The molecule has 0 saturated carbocycles. The van der Waals surface area contributed by atoms with Gasteiger partial charge in [0.25, 0.3) is 0 Å². The largest absolute Gasteiger partial charge is 0.480 e. The van der Waals surface area contributed by atoms with Crippen LogP contribution in [0.3, 0.4) is 0 Å². The van der Waals surface area contributed by atoms with Crippen LogP contribution in [0.4, 0.5) is 4.79 Å². The van der Waals surface area contributed by atoms with Crippen molar-refractivity contribution in [2.24, 2.45) is 0 Å². The maximum Gasteiger partial charge on any atom is 0.408 e. The molecule has 0 radical (unpaired) electrons. The molecule has 0 aliphatic carbocycles. The Morgan fingerprint density at radius 2 is 1.88 bits per heavy atom. The van der Waals surface area contributed by atoms with Gasteiger partial charge in [-0.3, -0.25) is 4.79 Å². The van der Waals surface area contributed by atoms with Gasteiger partial charge in [-0.05, 0) is 31.9 Å². The van der Waals surface area contributed by atoms with Crippen molar-refractivity contribution in [2.75, 3.05) is 6.54 Å². The van der Waals surface area contributed by atoms with Crippen molar-refractivity contribution in [1.82, 2.24) is 10.2 Å². The molecule has 0 aromatic heterocycles. The van der Waals surface area contributed by atoms with E-state index in [0.717, 1.165) is 11.1 Å². The van der Waals surface area contributed by atoms with Gasteiger partial charge in [-0.25, -0.2) is 9.59 Å². The number of ether oxygens (including phenoxy) is 1. The molecule has 1 aromatic carbocycles. The number of rotatable bonds is 3. The Balaban J connectivity index is 2.04. The predicted octanol–water partition coefficient (Wildman–Crippen LogP) is 1.55. The van der Waals surface area contributed by atoms with E-state index in [1.54, 1.807) is 20.8 Å². The molecule has 130 valence electrons. The second-order valence-electron chi connectivity index (χ2n) is 6.70. The van der Waals surface area contributed by atoms with Crippen molar-refractivity contribution < 1.29 is 24.2 Å². The topological polar surface area (TPSA) is 95.9 Å². The van der Waals surface area contributed by atoms with Gasteiger partial charge in [0.15, 0.2) is 0 Å². The minimum absolute atomic E-state index is 0.210. The molecule has 0 unspecified atom stereocenters. The molecule has 7 heteroatoms. The van der Waals surface area contributed by atoms with Crippen LogP contribution >= 0.6 is 0 Å². The van der Waals surface area contributed by atoms with Crippen molar-refractivity contribution in [2.45, 2.75) is 45.4 Å². The lowest BCUT2D eigenvalue weighted by molar-refractivity contribution is -0.151. The fourth-order valence-electron chi connectivity index (χ4n) is 2.57. The first-order valence-electron chi connectivity index (χ1n) is 7.73. The fourth-order valence-corrected chi connectivity index (χ4v) is 2.57. The first-order valence-corrected chi connectivity index (χ1v) is 7.73. The van der Waals surface area contributed by atoms with Crippen LogP contribution < -0.4 is 5.32 Å². The summed E-state index contributed by atoms with van der Waals surface area (Å²) in [7, 11) is 0. The average Bonchev–Trinajstić information content (AvgIpc) is 2.49. The van der Waals surface area contributed by atoms with Crippen LogP contribution in [0.15, 0.2) is 24.3 Å². The minimum atomic E-state index is -1.06. The average molecular weight is 334 g/mol. The number of amides is 2. The van der Waals surface area contributed by atoms with E-state index >= 15 is 0 Å². The standard InChI is InChI=1S/C17H22N2O5/c1-17(2,3)24-16(23)18-9-14(20)19-10-12-7-5-4-6-11(12)8-13(19)15(21)22/h4-7,13H,8-10H2,1-3H3,(H,18,23)(H,21,22)/t13-/m0/s1. The number of carbonyl (C=O) groups is 3. The van der Waals surface area contributed by atoms with E-state index in [1.165, 1.54) is 4.90 Å². The van der Waals surface area contributed by atoms with Gasteiger partial charge in [0, 0.05) is 13.0 Å². The van der Waals surface area contributed by atoms with E-state index in [2.05, 4.69) is 5.32 Å². The molecule has 2 rings (SSSR count). The minimum Gasteiger partial charge on any atom is -0.480 e. The zero-order chi connectivity index (χ0) is 17.9. The maximum absolute atomic E-state index is 12.4. The molecule has 0 saturated heterocycles. The summed E-state index contributed by atoms with van der Waals surface area (Å²) < 4.78 is 5.07. The third-order valence-corrected chi connectivity index (χ3v) is 3.64. The quantitative estimate of drug-likeness (QED) is 0.874. The van der Waals surface area contributed by atoms with E-state index in [-0.39, 0.29) is 19.5 Å². The highest BCUT2D eigenvalue weighted by molar-refractivity contribution is 5.87. The number of aliphatic carboxylic acids is 1. The predicted molar refractivity (Wildman–Crippen MR) is 86.4 cm³/mol. The summed E-state index contributed by atoms with van der Waals surface area (Å²) in [5.74, 6) is -1.52. The van der Waals surface area contributed by atoms with Crippen LogP contribution in [0.25, 0.3) is 0 Å². The van der Waals surface area contributed by atoms with E-state index in [0.29, 0.717) is 0 Å². The van der Waals surface area contributed by atoms with Gasteiger partial charge >= 0.3 is 12.1 Å². The van der Waals surface area contributed by atoms with E-state index in [9.17, 15) is 19.5 Å². The number of nitrogens with zero attached hydrogens (tertiary/aromatic N) is 1. The number of carbonyl (C=O) groups excluding carboxylic acids is 2. The van der Waals surface area contributed by atoms with Crippen molar-refractivity contribution in [3.05, 3.63) is 35.4 Å². The first kappa shape index (κ1) is 17.8. The zero-order valence-corrected chi connectivity index (χ0v) is 14.0. The molecule has 1 aliphatic rings. The Morgan fingerprint density at radius 3 is 2.46 bits per heavy atom. The number of hydrogen-bond acceptors (Lipinski definition) is 4. The fraction of sp³-hybridized carbons (Fsp3) is 0.471. The molecule has 2 amide bonds. The molecule has 1 aliphatic heterocycles. The van der Waals surface area contributed by atoms with E-state index < -0.39 is 29.6 Å². The molecule has 1 heterocycles. The Morgan fingerprint density at radius 1 is 1.25 bits per heavy atom. The van der Waals surface area contributed by atoms with Crippen molar-refractivity contribution >= 4 is 18.0 Å². The second kappa shape index (κ2) is 6.90. The SMILES string of the molecule is CC(C)(C)OC(=O)NCC(=O)N1Cc2ccccc2C[C@H]1C(=O)O. The van der Waals surface area contributed by atoms with Gasteiger partial charge in [0.05, 0.1) is 0 Å². The summed E-state index contributed by atoms with van der Waals surface area (Å²) in [5, 5.41) is 11.8. The van der Waals surface area contributed by atoms with E-state index in [4.69, 9.17) is 4.74 Å². The lowest BCUT2D eigenvalue weighted by Gasteiger charge is -2.34. The molecule has 0 bridgehead atoms. The van der Waals surface area contributed by atoms with Gasteiger partial charge in [-0.1, -0.05) is 24.3 Å². The monoisotopic (exact) mass is 334 g/mol. The number of nitrogens with one attached hydrogen (secondary N) is 1. The van der Waals surface area contributed by atoms with E-state index in [1.807, 2.05) is 24.3 Å². The summed E-state index contributed by atoms with van der Waals surface area (Å²) in [5.41, 5.74) is 1.18. The van der Waals surface area contributed by atoms with Crippen LogP contribution in [0.1, 0.15) is 31.9 Å². The summed E-state index contributed by atoms with van der Waals surface area (Å²) in [6.07, 6.45) is -0.455. The lowest BCUT2D eigenvalue weighted by atomic mass is 9.94. The highest BCUT2D eigenvalue weighted by Crippen LogP contribution is 2.23. The van der Waals surface area contributed by atoms with Gasteiger partial charge in [0.1, 0.15) is 18.2 Å². The number of benzene rings is 1. The smallest absolute Gasteiger partial charge is 0.408 e. The van der Waals surface area contributed by atoms with Gasteiger partial charge < -0.3 is 20.1 Å². The highest BCUT2D eigenvalue weighted by atomic mass is 16.6. The number of hydrogen-bond donors (Lipinski definition) is 2. The van der Waals surface area contributed by atoms with Crippen LogP contribution in [0.5, 0.6) is 0 Å². The van der Waals surface area contributed by atoms with Gasteiger partial charge in [-0.2, -0.15) is 0 Å². The van der Waals surface area contributed by atoms with Crippen LogP contribution in [0.2, 0.25) is 0 Å². The van der Waals surface area contributed by atoms with Crippen molar-refractivity contribution in [1.29, 1.82) is 0 Å². The summed E-state index contributed by atoms with van der Waals surface area (Å²) in [4.78, 5) is 36.8. The number of fused-ring (bicyclic) bond motifs is 1. The summed E-state index contributed by atoms with van der Waals surface area (Å²) >= 11 is 0. The summed E-state index contributed by atoms with van der Waals surface area (Å²) in [6, 6.07) is 6.50. The molecule has 24 heavy (non-hydrogen) atoms. The Labute approximate surface area is 140 Å². The molecule has 7 nitrogen and oxygen atoms in total. The van der Waals surface area contributed by atoms with Gasteiger partial charge in [0.2, 0.25) is 5.91 Å². The first-order chi connectivity index (χ1) is 11.2. The van der Waals surface area contributed by atoms with Crippen LogP contribution in [-0.2, 0) is 27.3 Å². The molecule has 2 N–H and O–H groups in total. The molecule has 0 spiro atoms. The second-order valence-corrected chi connectivity index (χ2v) is 6.70. The zero-order valence-electron chi connectivity index (χ0n) is 14.0. The van der Waals surface area contributed by atoms with Crippen LogP contribution in [0, 0.1) is 0 Å². The Kier molecular flexibility index (Phi) is 5.11. The van der Waals surface area contributed by atoms with Crippen molar-refractivity contribution in [3.63, 3.8) is 0 Å². The number of carboxylic acid groups (broad SMARTS) is 1. The Hall–Kier alpha value is -2.57.